The maximum Gasteiger partial charge on any atom is 0.472 e. The highest BCUT2D eigenvalue weighted by molar-refractivity contribution is 7.47. The van der Waals surface area contributed by atoms with E-state index in [1.54, 1.807) is 0 Å². The second-order valence-corrected chi connectivity index (χ2v) is 15.7. The molecule has 9 nitrogen and oxygen atoms in total. The van der Waals surface area contributed by atoms with Gasteiger partial charge < -0.3 is 20.1 Å². The molecule has 302 valence electrons. The van der Waals surface area contributed by atoms with Gasteiger partial charge in [-0.3, -0.25) is 18.6 Å². The van der Waals surface area contributed by atoms with Gasteiger partial charge in [0.15, 0.2) is 6.10 Å². The van der Waals surface area contributed by atoms with Gasteiger partial charge in [-0.15, -0.1) is 0 Å². The third-order valence-corrected chi connectivity index (χ3v) is 10.1. The predicted molar refractivity (Wildman–Crippen MR) is 211 cm³/mol. The summed E-state index contributed by atoms with van der Waals surface area (Å²) < 4.78 is 32.7. The third kappa shape index (κ3) is 38.3. The van der Waals surface area contributed by atoms with Crippen LogP contribution in [0.2, 0.25) is 0 Å². The van der Waals surface area contributed by atoms with Gasteiger partial charge in [0.1, 0.15) is 6.61 Å². The summed E-state index contributed by atoms with van der Waals surface area (Å²) in [6, 6.07) is 0. The summed E-state index contributed by atoms with van der Waals surface area (Å²) in [7, 11) is -4.37. The van der Waals surface area contributed by atoms with Gasteiger partial charge in [-0.25, -0.2) is 4.57 Å². The van der Waals surface area contributed by atoms with Crippen LogP contribution < -0.4 is 5.73 Å². The van der Waals surface area contributed by atoms with Crippen LogP contribution in [0.5, 0.6) is 0 Å². The quantitative estimate of drug-likeness (QED) is 0.0272. The first kappa shape index (κ1) is 49.8. The number of ether oxygens (including phenoxy) is 2. The SMILES string of the molecule is CCCCCCCC/C=C\CCCCCCCCCCCC(=O)OC[C@H](COP(=O)(O)OCCN)OC(=O)CCCCCCCCCCCCC. The number of nitrogens with two attached hydrogens (primary N) is 1. The van der Waals surface area contributed by atoms with E-state index in [2.05, 4.69) is 26.0 Å². The Kier molecular flexibility index (Phi) is 37.5. The fourth-order valence-corrected chi connectivity index (χ4v) is 6.75. The molecule has 0 aromatic heterocycles. The first-order chi connectivity index (χ1) is 24.8. The molecule has 0 aliphatic rings. The van der Waals surface area contributed by atoms with Crippen LogP contribution in [0.4, 0.5) is 0 Å². The molecule has 0 spiro atoms. The Labute approximate surface area is 313 Å². The Morgan fingerprint density at radius 3 is 1.39 bits per heavy atom. The van der Waals surface area contributed by atoms with Gasteiger partial charge in [0.25, 0.3) is 0 Å². The van der Waals surface area contributed by atoms with Gasteiger partial charge in [-0.2, -0.15) is 0 Å². The zero-order chi connectivity index (χ0) is 37.5. The van der Waals surface area contributed by atoms with Crippen molar-refractivity contribution in [3.8, 4) is 0 Å². The van der Waals surface area contributed by atoms with Crippen molar-refractivity contribution in [1.82, 2.24) is 0 Å². The fraction of sp³-hybridized carbons (Fsp3) is 0.902. The number of hydrogen-bond acceptors (Lipinski definition) is 8. The molecule has 0 rings (SSSR count). The number of allylic oxidation sites excluding steroid dienone is 2. The molecule has 0 aromatic rings. The van der Waals surface area contributed by atoms with E-state index >= 15 is 0 Å². The minimum absolute atomic E-state index is 0.0559. The minimum atomic E-state index is -4.37. The molecule has 0 amide bonds. The Morgan fingerprint density at radius 2 is 0.961 bits per heavy atom. The Morgan fingerprint density at radius 1 is 0.569 bits per heavy atom. The van der Waals surface area contributed by atoms with Crippen molar-refractivity contribution in [2.24, 2.45) is 5.73 Å². The van der Waals surface area contributed by atoms with Crippen LogP contribution in [0.1, 0.15) is 206 Å². The number of esters is 2. The van der Waals surface area contributed by atoms with E-state index in [1.807, 2.05) is 0 Å². The smallest absolute Gasteiger partial charge is 0.462 e. The van der Waals surface area contributed by atoms with E-state index < -0.39 is 26.5 Å². The molecule has 0 aliphatic heterocycles. The van der Waals surface area contributed by atoms with E-state index in [-0.39, 0.29) is 38.6 Å². The van der Waals surface area contributed by atoms with E-state index in [9.17, 15) is 19.0 Å². The molecule has 10 heteroatoms. The van der Waals surface area contributed by atoms with E-state index in [1.165, 1.54) is 141 Å². The monoisotopic (exact) mass is 746 g/mol. The number of carbonyl (C=O) groups excluding carboxylic acids is 2. The number of hydrogen-bond donors (Lipinski definition) is 2. The highest BCUT2D eigenvalue weighted by Gasteiger charge is 2.26. The third-order valence-electron chi connectivity index (χ3n) is 9.15. The van der Waals surface area contributed by atoms with Crippen LogP contribution in [0.25, 0.3) is 0 Å². The maximum atomic E-state index is 12.5. The molecular weight excluding hydrogens is 665 g/mol. The first-order valence-corrected chi connectivity index (χ1v) is 22.7. The number of carbonyl (C=O) groups is 2. The van der Waals surface area contributed by atoms with Crippen molar-refractivity contribution >= 4 is 19.8 Å². The summed E-state index contributed by atoms with van der Waals surface area (Å²) in [5, 5.41) is 0. The Balaban J connectivity index is 4.08. The second kappa shape index (κ2) is 38.5. The van der Waals surface area contributed by atoms with E-state index in [0.717, 1.165) is 32.1 Å². The molecule has 0 saturated heterocycles. The Hall–Kier alpha value is -1.25. The largest absolute Gasteiger partial charge is 0.472 e. The average Bonchev–Trinajstić information content (AvgIpc) is 3.11. The molecule has 51 heavy (non-hydrogen) atoms. The maximum absolute atomic E-state index is 12.5. The number of phosphoric acid groups is 1. The summed E-state index contributed by atoms with van der Waals surface area (Å²) in [6.07, 6.45) is 38.1. The highest BCUT2D eigenvalue weighted by Crippen LogP contribution is 2.43. The lowest BCUT2D eigenvalue weighted by Gasteiger charge is -2.19. The van der Waals surface area contributed by atoms with Crippen molar-refractivity contribution in [1.29, 1.82) is 0 Å². The molecule has 0 heterocycles. The molecule has 0 aliphatic carbocycles. The molecule has 0 bridgehead atoms. The summed E-state index contributed by atoms with van der Waals surface area (Å²) in [4.78, 5) is 34.8. The average molecular weight is 746 g/mol. The van der Waals surface area contributed by atoms with Crippen molar-refractivity contribution in [3.05, 3.63) is 12.2 Å². The van der Waals surface area contributed by atoms with Gasteiger partial charge in [0.2, 0.25) is 0 Å². The Bertz CT molecular complexity index is 856. The zero-order valence-electron chi connectivity index (χ0n) is 33.1. The van der Waals surface area contributed by atoms with Crippen LogP contribution in [-0.4, -0.2) is 49.3 Å². The first-order valence-electron chi connectivity index (χ1n) is 21.2. The minimum Gasteiger partial charge on any atom is -0.462 e. The highest BCUT2D eigenvalue weighted by atomic mass is 31.2. The normalized spacial score (nSPS) is 13.4. The molecular formula is C41H80NO8P. The van der Waals surface area contributed by atoms with Gasteiger partial charge in [0.05, 0.1) is 13.2 Å². The van der Waals surface area contributed by atoms with Crippen LogP contribution in [0.15, 0.2) is 12.2 Å². The van der Waals surface area contributed by atoms with Crippen molar-refractivity contribution in [2.45, 2.75) is 213 Å². The van der Waals surface area contributed by atoms with E-state index in [0.29, 0.717) is 6.42 Å². The van der Waals surface area contributed by atoms with Crippen LogP contribution >= 0.6 is 7.82 Å². The number of unbranched alkanes of at least 4 members (excludes halogenated alkanes) is 25. The van der Waals surface area contributed by atoms with Crippen LogP contribution in [-0.2, 0) is 32.7 Å². The molecule has 0 radical (unpaired) electrons. The van der Waals surface area contributed by atoms with Gasteiger partial charge in [0, 0.05) is 19.4 Å². The lowest BCUT2D eigenvalue weighted by Crippen LogP contribution is -2.29. The second-order valence-electron chi connectivity index (χ2n) is 14.2. The summed E-state index contributed by atoms with van der Waals surface area (Å²) >= 11 is 0. The lowest BCUT2D eigenvalue weighted by molar-refractivity contribution is -0.161. The molecule has 1 unspecified atom stereocenters. The van der Waals surface area contributed by atoms with Gasteiger partial charge in [-0.1, -0.05) is 167 Å². The van der Waals surface area contributed by atoms with Crippen LogP contribution in [0.3, 0.4) is 0 Å². The molecule has 3 N–H and O–H groups in total. The van der Waals surface area contributed by atoms with Crippen molar-refractivity contribution in [2.75, 3.05) is 26.4 Å². The summed E-state index contributed by atoms with van der Waals surface area (Å²) in [6.45, 7) is 3.73. The lowest BCUT2D eigenvalue weighted by atomic mass is 10.1. The molecule has 0 aromatic carbocycles. The van der Waals surface area contributed by atoms with Crippen molar-refractivity contribution < 1.29 is 37.6 Å². The molecule has 2 atom stereocenters. The molecule has 0 fully saturated rings. The standard InChI is InChI=1S/C41H80NO8P/c1-3-5-7-9-11-13-15-16-17-18-19-20-21-22-24-25-27-29-31-33-40(43)47-37-39(38-49-51(45,46)48-36-35-42)50-41(44)34-32-30-28-26-23-14-12-10-8-6-4-2/h16-17,39H,3-15,18-38,42H2,1-2H3,(H,45,46)/b17-16-/t39-/m1/s1. The summed E-state index contributed by atoms with van der Waals surface area (Å²) in [5.74, 6) is -0.823. The fourth-order valence-electron chi connectivity index (χ4n) is 5.98. The topological polar surface area (TPSA) is 134 Å². The molecule has 0 saturated carbocycles. The predicted octanol–water partition coefficient (Wildman–Crippen LogP) is 11.8. The van der Waals surface area contributed by atoms with Crippen LogP contribution in [0, 0.1) is 0 Å². The summed E-state index contributed by atoms with van der Waals surface area (Å²) in [5.41, 5.74) is 5.34. The van der Waals surface area contributed by atoms with E-state index in [4.69, 9.17) is 24.3 Å². The van der Waals surface area contributed by atoms with Gasteiger partial charge in [-0.05, 0) is 38.5 Å². The zero-order valence-corrected chi connectivity index (χ0v) is 34.0. The van der Waals surface area contributed by atoms with Gasteiger partial charge >= 0.3 is 19.8 Å². The number of phosphoric ester groups is 1. The number of rotatable bonds is 40. The van der Waals surface area contributed by atoms with Crippen molar-refractivity contribution in [3.63, 3.8) is 0 Å².